The quantitative estimate of drug-likeness (QED) is 0.159. The molecule has 13 heteroatoms. The molecule has 3 amide bonds. The van der Waals surface area contributed by atoms with Crippen LogP contribution in [0.3, 0.4) is 0 Å². The van der Waals surface area contributed by atoms with E-state index in [0.29, 0.717) is 33.6 Å². The molecule has 2 heterocycles. The number of halogens is 2. The van der Waals surface area contributed by atoms with Crippen molar-refractivity contribution in [2.24, 2.45) is 5.10 Å². The fourth-order valence-electron chi connectivity index (χ4n) is 3.98. The number of carbonyl (C=O) groups excluding carboxylic acids is 3. The first-order chi connectivity index (χ1) is 19.7. The van der Waals surface area contributed by atoms with Gasteiger partial charge in [0.2, 0.25) is 0 Å². The molecule has 4 rings (SSSR count). The molecule has 0 fully saturated rings. The van der Waals surface area contributed by atoms with E-state index >= 15 is 0 Å². The molecule has 0 saturated heterocycles. The molecule has 0 saturated carbocycles. The van der Waals surface area contributed by atoms with Gasteiger partial charge in [-0.15, -0.1) is 0 Å². The maximum Gasteiger partial charge on any atom is 0.338 e. The number of carbonyl (C=O) groups is 3. The van der Waals surface area contributed by atoms with Gasteiger partial charge in [-0.3, -0.25) is 4.79 Å². The summed E-state index contributed by atoms with van der Waals surface area (Å²) in [5.41, 5.74) is 4.38. The van der Waals surface area contributed by atoms with Gasteiger partial charge in [-0.25, -0.2) is 15.0 Å². The van der Waals surface area contributed by atoms with Gasteiger partial charge in [0.1, 0.15) is 11.5 Å². The second-order valence-electron chi connectivity index (χ2n) is 8.61. The molecule has 41 heavy (non-hydrogen) atoms. The van der Waals surface area contributed by atoms with Crippen LogP contribution in [0.4, 0.5) is 4.79 Å². The number of hydrazone groups is 1. The van der Waals surface area contributed by atoms with E-state index in [2.05, 4.69) is 37.1 Å². The van der Waals surface area contributed by atoms with Crippen molar-refractivity contribution in [3.63, 3.8) is 0 Å². The summed E-state index contributed by atoms with van der Waals surface area (Å²) in [4.78, 5) is 37.0. The number of nitrogens with one attached hydrogen (secondary N) is 3. The monoisotopic (exact) mass is 644 g/mol. The smallest absolute Gasteiger partial charge is 0.338 e. The first-order valence-electron chi connectivity index (χ1n) is 12.3. The molecule has 1 atom stereocenters. The Hall–Kier alpha value is -4.29. The second kappa shape index (κ2) is 13.4. The lowest BCUT2D eigenvalue weighted by Crippen LogP contribution is -2.45. The van der Waals surface area contributed by atoms with Gasteiger partial charge >= 0.3 is 12.0 Å². The fraction of sp³-hybridized carbons (Fsp3) is 0.214. The average molecular weight is 646 g/mol. The molecular formula is C28H26BrClN4O7. The number of ether oxygens (including phenoxy) is 3. The summed E-state index contributed by atoms with van der Waals surface area (Å²) in [6.45, 7) is 3.15. The zero-order valence-corrected chi connectivity index (χ0v) is 24.6. The van der Waals surface area contributed by atoms with Crippen LogP contribution in [-0.4, -0.2) is 44.4 Å². The Morgan fingerprint density at radius 3 is 2.71 bits per heavy atom. The highest BCUT2D eigenvalue weighted by Gasteiger charge is 2.32. The maximum absolute atomic E-state index is 12.6. The van der Waals surface area contributed by atoms with Gasteiger partial charge in [0.05, 0.1) is 36.6 Å². The summed E-state index contributed by atoms with van der Waals surface area (Å²) < 4.78 is 22.7. The summed E-state index contributed by atoms with van der Waals surface area (Å²) in [5.74, 6) is 0.515. The van der Waals surface area contributed by atoms with Crippen molar-refractivity contribution in [1.82, 2.24) is 16.1 Å². The number of amides is 3. The predicted octanol–water partition coefficient (Wildman–Crippen LogP) is 5.09. The highest BCUT2D eigenvalue weighted by atomic mass is 79.9. The van der Waals surface area contributed by atoms with E-state index in [1.165, 1.54) is 13.3 Å². The lowest BCUT2D eigenvalue weighted by atomic mass is 9.95. The number of allylic oxidation sites excluding steroid dienone is 1. The van der Waals surface area contributed by atoms with Crippen LogP contribution in [0, 0.1) is 0 Å². The number of hydrogen-bond donors (Lipinski definition) is 3. The molecule has 0 aliphatic carbocycles. The van der Waals surface area contributed by atoms with Crippen molar-refractivity contribution < 1.29 is 33.0 Å². The van der Waals surface area contributed by atoms with Crippen molar-refractivity contribution in [3.8, 4) is 22.8 Å². The third-order valence-electron chi connectivity index (χ3n) is 5.86. The molecule has 0 spiro atoms. The Labute approximate surface area is 249 Å². The van der Waals surface area contributed by atoms with Crippen LogP contribution >= 0.6 is 27.5 Å². The zero-order valence-electron chi connectivity index (χ0n) is 22.2. The molecule has 1 aliphatic heterocycles. The van der Waals surface area contributed by atoms with Gasteiger partial charge in [0, 0.05) is 15.7 Å². The first kappa shape index (κ1) is 29.7. The van der Waals surface area contributed by atoms with Gasteiger partial charge in [0.15, 0.2) is 18.1 Å². The van der Waals surface area contributed by atoms with Gasteiger partial charge in [-0.2, -0.15) is 5.10 Å². The first-order valence-corrected chi connectivity index (χ1v) is 13.5. The third-order valence-corrected chi connectivity index (χ3v) is 7.09. The average Bonchev–Trinajstić information content (AvgIpc) is 3.42. The normalized spacial score (nSPS) is 14.9. The van der Waals surface area contributed by atoms with Crippen LogP contribution in [0.2, 0.25) is 5.02 Å². The summed E-state index contributed by atoms with van der Waals surface area (Å²) in [7, 11) is 1.44. The summed E-state index contributed by atoms with van der Waals surface area (Å²) >= 11 is 9.50. The van der Waals surface area contributed by atoms with Crippen molar-refractivity contribution in [3.05, 3.63) is 80.6 Å². The van der Waals surface area contributed by atoms with Crippen molar-refractivity contribution in [2.75, 3.05) is 20.3 Å². The highest BCUT2D eigenvalue weighted by Crippen LogP contribution is 2.35. The molecule has 0 bridgehead atoms. The molecule has 2 aromatic carbocycles. The minimum atomic E-state index is -0.772. The zero-order chi connectivity index (χ0) is 29.5. The van der Waals surface area contributed by atoms with Crippen LogP contribution < -0.4 is 25.5 Å². The van der Waals surface area contributed by atoms with Crippen molar-refractivity contribution >= 4 is 51.7 Å². The molecule has 11 nitrogen and oxygen atoms in total. The Morgan fingerprint density at radius 2 is 1.98 bits per heavy atom. The summed E-state index contributed by atoms with van der Waals surface area (Å²) in [6, 6.07) is 12.5. The molecule has 0 unspecified atom stereocenters. The number of methoxy groups -OCH3 is 1. The minimum Gasteiger partial charge on any atom is -0.493 e. The molecule has 0 radical (unpaired) electrons. The van der Waals surface area contributed by atoms with E-state index in [1.54, 1.807) is 50.2 Å². The largest absolute Gasteiger partial charge is 0.493 e. The van der Waals surface area contributed by atoms with E-state index in [9.17, 15) is 14.4 Å². The molecule has 1 aliphatic rings. The summed E-state index contributed by atoms with van der Waals surface area (Å²) in [6.07, 6.45) is 1.36. The van der Waals surface area contributed by atoms with Gasteiger partial charge in [-0.1, -0.05) is 23.7 Å². The lowest BCUT2D eigenvalue weighted by Gasteiger charge is -2.28. The van der Waals surface area contributed by atoms with E-state index in [4.69, 9.17) is 30.2 Å². The molecule has 3 N–H and O–H groups in total. The SMILES string of the molecule is CCOC(=O)C1=C(C)NC(=O)N[C@@H]1c1ccc(OCC(=O)N/N=C\c2ccc(-c3ccc(Br)c(Cl)c3)o2)c(OC)c1. The predicted molar refractivity (Wildman–Crippen MR) is 155 cm³/mol. The standard InChI is InChI=1S/C28H26BrClN4O7/c1-4-39-27(36)25-15(2)32-28(37)33-26(25)17-6-9-22(23(12-17)38-3)40-14-24(35)34-31-13-18-7-10-21(41-18)16-5-8-19(29)20(30)11-16/h5-13,26H,4,14H2,1-3H3,(H,34,35)(H2,32,33,37)/b31-13-/t26-/m1/s1. The van der Waals surface area contributed by atoms with Crippen LogP contribution in [0.1, 0.15) is 31.2 Å². The Bertz CT molecular complexity index is 1540. The van der Waals surface area contributed by atoms with Crippen molar-refractivity contribution in [1.29, 1.82) is 0 Å². The fourth-order valence-corrected chi connectivity index (χ4v) is 4.40. The van der Waals surface area contributed by atoms with Crippen LogP contribution in [0.15, 0.2) is 73.8 Å². The molecular weight excluding hydrogens is 620 g/mol. The number of rotatable bonds is 10. The van der Waals surface area contributed by atoms with E-state index < -0.39 is 23.9 Å². The topological polar surface area (TPSA) is 140 Å². The number of urea groups is 1. The Kier molecular flexibility index (Phi) is 9.69. The Balaban J connectivity index is 1.38. The van der Waals surface area contributed by atoms with E-state index in [-0.39, 0.29) is 24.5 Å². The van der Waals surface area contributed by atoms with E-state index in [0.717, 1.165) is 10.0 Å². The molecule has 214 valence electrons. The number of benzene rings is 2. The highest BCUT2D eigenvalue weighted by molar-refractivity contribution is 9.10. The minimum absolute atomic E-state index is 0.183. The number of esters is 1. The molecule has 1 aromatic heterocycles. The second-order valence-corrected chi connectivity index (χ2v) is 9.88. The molecule has 3 aromatic rings. The van der Waals surface area contributed by atoms with Crippen LogP contribution in [-0.2, 0) is 14.3 Å². The van der Waals surface area contributed by atoms with Gasteiger partial charge in [0.25, 0.3) is 5.91 Å². The van der Waals surface area contributed by atoms with Crippen molar-refractivity contribution in [2.45, 2.75) is 19.9 Å². The maximum atomic E-state index is 12.6. The van der Waals surface area contributed by atoms with Gasteiger partial charge < -0.3 is 29.3 Å². The third kappa shape index (κ3) is 7.27. The number of hydrogen-bond acceptors (Lipinski definition) is 8. The number of nitrogens with zero attached hydrogens (tertiary/aromatic N) is 1. The number of furan rings is 1. The summed E-state index contributed by atoms with van der Waals surface area (Å²) in [5, 5.41) is 9.77. The van der Waals surface area contributed by atoms with Crippen LogP contribution in [0.25, 0.3) is 11.3 Å². The lowest BCUT2D eigenvalue weighted by molar-refractivity contribution is -0.139. The van der Waals surface area contributed by atoms with Crippen LogP contribution in [0.5, 0.6) is 11.5 Å². The Morgan fingerprint density at radius 1 is 1.17 bits per heavy atom. The van der Waals surface area contributed by atoms with E-state index in [1.807, 2.05) is 12.1 Å². The van der Waals surface area contributed by atoms with Gasteiger partial charge in [-0.05, 0) is 71.7 Å².